The van der Waals surface area contributed by atoms with E-state index in [4.69, 9.17) is 0 Å². The van der Waals surface area contributed by atoms with Gasteiger partial charge in [0.1, 0.15) is 0 Å². The van der Waals surface area contributed by atoms with Gasteiger partial charge in [0.25, 0.3) is 0 Å². The summed E-state index contributed by atoms with van der Waals surface area (Å²) in [6, 6.07) is -0.537. The van der Waals surface area contributed by atoms with Crippen LogP contribution in [0.2, 0.25) is 0 Å². The van der Waals surface area contributed by atoms with Crippen molar-refractivity contribution in [3.63, 3.8) is 0 Å². The normalized spacial score (nSPS) is 45.7. The van der Waals surface area contributed by atoms with E-state index < -0.39 is 6.04 Å². The quantitative estimate of drug-likeness (QED) is 0.672. The van der Waals surface area contributed by atoms with E-state index in [0.29, 0.717) is 12.8 Å². The van der Waals surface area contributed by atoms with Crippen LogP contribution in [0.3, 0.4) is 0 Å². The van der Waals surface area contributed by atoms with Crippen molar-refractivity contribution in [1.29, 1.82) is 0 Å². The van der Waals surface area contributed by atoms with E-state index >= 15 is 0 Å². The molecule has 2 saturated carbocycles. The van der Waals surface area contributed by atoms with Gasteiger partial charge in [0.05, 0.1) is 6.04 Å². The van der Waals surface area contributed by atoms with Crippen LogP contribution in [-0.2, 0) is 14.4 Å². The minimum absolute atomic E-state index is 0.118. The standard InChI is InChI=1S/C11H13NO3/c1-10-4-11(10,5-10)9(15)8(14)6-2-3-7(13)12-6/h6H,2-5H2,1H3,(H,12,13). The predicted molar refractivity (Wildman–Crippen MR) is 51.0 cm³/mol. The molecule has 1 heterocycles. The lowest BCUT2D eigenvalue weighted by atomic mass is 9.99. The summed E-state index contributed by atoms with van der Waals surface area (Å²) in [5.74, 6) is -0.729. The minimum Gasteiger partial charge on any atom is -0.346 e. The van der Waals surface area contributed by atoms with Gasteiger partial charge in [-0.05, 0) is 24.7 Å². The lowest BCUT2D eigenvalue weighted by Gasteiger charge is -2.08. The number of rotatable bonds is 3. The van der Waals surface area contributed by atoms with E-state index in [1.807, 2.05) is 6.92 Å². The summed E-state index contributed by atoms with van der Waals surface area (Å²) in [5, 5.41) is 2.56. The molecule has 3 fully saturated rings. The van der Waals surface area contributed by atoms with Gasteiger partial charge in [-0.2, -0.15) is 0 Å². The first kappa shape index (κ1) is 9.07. The van der Waals surface area contributed by atoms with Gasteiger partial charge in [-0.25, -0.2) is 0 Å². The first-order valence-electron chi connectivity index (χ1n) is 5.37. The van der Waals surface area contributed by atoms with E-state index in [-0.39, 0.29) is 28.3 Å². The summed E-state index contributed by atoms with van der Waals surface area (Å²) in [4.78, 5) is 34.6. The molecule has 4 nitrogen and oxygen atoms in total. The molecular weight excluding hydrogens is 194 g/mol. The molecule has 15 heavy (non-hydrogen) atoms. The Labute approximate surface area is 87.4 Å². The van der Waals surface area contributed by atoms with Crippen LogP contribution in [0.15, 0.2) is 0 Å². The Kier molecular flexibility index (Phi) is 1.40. The zero-order valence-electron chi connectivity index (χ0n) is 8.63. The van der Waals surface area contributed by atoms with Crippen LogP contribution in [0.1, 0.15) is 32.6 Å². The van der Waals surface area contributed by atoms with E-state index in [1.54, 1.807) is 0 Å². The molecule has 80 valence electrons. The number of ketones is 2. The fraction of sp³-hybridized carbons (Fsp3) is 0.727. The second-order valence-corrected chi connectivity index (χ2v) is 5.35. The Morgan fingerprint density at radius 1 is 1.40 bits per heavy atom. The molecule has 0 aromatic carbocycles. The van der Waals surface area contributed by atoms with Gasteiger partial charge in [0, 0.05) is 11.8 Å². The van der Waals surface area contributed by atoms with Gasteiger partial charge in [0.15, 0.2) is 0 Å². The van der Waals surface area contributed by atoms with Crippen molar-refractivity contribution in [2.45, 2.75) is 38.6 Å². The Morgan fingerprint density at radius 2 is 2.00 bits per heavy atom. The summed E-state index contributed by atoms with van der Waals surface area (Å²) < 4.78 is 0. The molecule has 4 heteroatoms. The fourth-order valence-corrected chi connectivity index (χ4v) is 2.83. The fourth-order valence-electron chi connectivity index (χ4n) is 2.83. The van der Waals surface area contributed by atoms with Crippen LogP contribution in [0.25, 0.3) is 0 Å². The largest absolute Gasteiger partial charge is 0.346 e. The van der Waals surface area contributed by atoms with Crippen LogP contribution in [0.5, 0.6) is 0 Å². The molecule has 0 aromatic heterocycles. The lowest BCUT2D eigenvalue weighted by Crippen LogP contribution is -2.39. The average Bonchev–Trinajstić information content (AvgIpc) is 2.83. The molecule has 0 bridgehead atoms. The molecule has 3 aliphatic rings. The second kappa shape index (κ2) is 2.31. The summed E-state index contributed by atoms with van der Waals surface area (Å²) in [6.07, 6.45) is 2.58. The number of hydrogen-bond acceptors (Lipinski definition) is 3. The molecule has 1 atom stereocenters. The summed E-state index contributed by atoms with van der Waals surface area (Å²) in [7, 11) is 0. The number of carbonyl (C=O) groups excluding carboxylic acids is 3. The van der Waals surface area contributed by atoms with Gasteiger partial charge >= 0.3 is 0 Å². The van der Waals surface area contributed by atoms with Crippen LogP contribution in [0.4, 0.5) is 0 Å². The van der Waals surface area contributed by atoms with E-state index in [1.165, 1.54) is 0 Å². The Morgan fingerprint density at radius 3 is 2.40 bits per heavy atom. The van der Waals surface area contributed by atoms with Crippen LogP contribution in [-0.4, -0.2) is 23.5 Å². The SMILES string of the molecule is CC12CC1(C(=O)C(=O)C1CCC(=O)N1)C2. The van der Waals surface area contributed by atoms with Crippen LogP contribution < -0.4 is 5.32 Å². The smallest absolute Gasteiger partial charge is 0.221 e. The van der Waals surface area contributed by atoms with Gasteiger partial charge in [-0.1, -0.05) is 6.92 Å². The molecule has 0 radical (unpaired) electrons. The zero-order chi connectivity index (χ0) is 10.8. The zero-order valence-corrected chi connectivity index (χ0v) is 8.63. The molecule has 1 unspecified atom stereocenters. The maximum Gasteiger partial charge on any atom is 0.221 e. The number of Topliss-reactive ketones (excluding diaryl/α,β-unsaturated/α-hetero) is 2. The number of amides is 1. The molecule has 2 aliphatic carbocycles. The molecule has 0 aromatic rings. The number of hydrogen-bond donors (Lipinski definition) is 1. The third kappa shape index (κ3) is 0.994. The van der Waals surface area contributed by atoms with Crippen molar-refractivity contribution < 1.29 is 14.4 Å². The van der Waals surface area contributed by atoms with E-state index in [0.717, 1.165) is 12.8 Å². The van der Waals surface area contributed by atoms with Crippen molar-refractivity contribution >= 4 is 17.5 Å². The monoisotopic (exact) mass is 207 g/mol. The molecular formula is C11H13NO3. The maximum absolute atomic E-state index is 11.9. The van der Waals surface area contributed by atoms with Crippen LogP contribution >= 0.6 is 0 Å². The third-order valence-corrected chi connectivity index (χ3v) is 4.26. The summed E-state index contributed by atoms with van der Waals surface area (Å²) in [5.41, 5.74) is -0.181. The highest BCUT2D eigenvalue weighted by Crippen LogP contribution is 2.86. The molecule has 0 spiro atoms. The highest BCUT2D eigenvalue weighted by atomic mass is 16.2. The average molecular weight is 207 g/mol. The van der Waals surface area contributed by atoms with Crippen molar-refractivity contribution in [1.82, 2.24) is 5.32 Å². The Hall–Kier alpha value is -1.19. The Balaban J connectivity index is 1.71. The van der Waals surface area contributed by atoms with Gasteiger partial charge in [-0.3, -0.25) is 14.4 Å². The molecule has 1 saturated heterocycles. The second-order valence-electron chi connectivity index (χ2n) is 5.35. The van der Waals surface area contributed by atoms with Crippen molar-refractivity contribution in [2.75, 3.05) is 0 Å². The van der Waals surface area contributed by atoms with Gasteiger partial charge < -0.3 is 5.32 Å². The number of fused-ring (bicyclic) bond motifs is 1. The van der Waals surface area contributed by atoms with E-state index in [9.17, 15) is 14.4 Å². The van der Waals surface area contributed by atoms with Gasteiger partial charge in [0.2, 0.25) is 17.5 Å². The van der Waals surface area contributed by atoms with Crippen molar-refractivity contribution in [2.24, 2.45) is 10.8 Å². The Bertz CT molecular complexity index is 393. The van der Waals surface area contributed by atoms with Crippen LogP contribution in [0, 0.1) is 10.8 Å². The van der Waals surface area contributed by atoms with E-state index in [2.05, 4.69) is 5.32 Å². The molecule has 1 N–H and O–H groups in total. The summed E-state index contributed by atoms with van der Waals surface area (Å²) >= 11 is 0. The molecule has 1 aliphatic heterocycles. The van der Waals surface area contributed by atoms with Crippen molar-refractivity contribution in [3.05, 3.63) is 0 Å². The molecule has 3 rings (SSSR count). The molecule has 1 amide bonds. The third-order valence-electron chi connectivity index (χ3n) is 4.26. The maximum atomic E-state index is 11.9. The highest BCUT2D eigenvalue weighted by molar-refractivity contribution is 6.43. The lowest BCUT2D eigenvalue weighted by molar-refractivity contribution is -0.139. The number of nitrogens with one attached hydrogen (secondary N) is 1. The first-order chi connectivity index (χ1) is 6.98. The topological polar surface area (TPSA) is 63.2 Å². The predicted octanol–water partition coefficient (Wildman–Crippen LogP) is 0.203. The minimum atomic E-state index is -0.537. The summed E-state index contributed by atoms with van der Waals surface area (Å²) in [6.45, 7) is 2.05. The van der Waals surface area contributed by atoms with Gasteiger partial charge in [-0.15, -0.1) is 0 Å². The highest BCUT2D eigenvalue weighted by Gasteiger charge is 2.84. The number of carbonyl (C=O) groups is 3. The first-order valence-corrected chi connectivity index (χ1v) is 5.37. The van der Waals surface area contributed by atoms with Crippen molar-refractivity contribution in [3.8, 4) is 0 Å².